The largest absolute Gasteiger partial charge is 0.534 e. The van der Waals surface area contributed by atoms with Gasteiger partial charge in [0, 0.05) is 6.42 Å². The molecule has 0 aromatic heterocycles. The first-order chi connectivity index (χ1) is 17.7. The molecule has 1 atom stereocenters. The van der Waals surface area contributed by atoms with Crippen molar-refractivity contribution in [1.82, 2.24) is 0 Å². The van der Waals surface area contributed by atoms with Crippen molar-refractivity contribution in [2.24, 2.45) is 0 Å². The predicted molar refractivity (Wildman–Crippen MR) is 135 cm³/mol. The number of ether oxygens (including phenoxy) is 2. The second kappa shape index (κ2) is 11.4. The Balaban J connectivity index is 1.70. The van der Waals surface area contributed by atoms with Gasteiger partial charge in [-0.05, 0) is 71.4 Å². The average Bonchev–Trinajstić information content (AvgIpc) is 2.89. The van der Waals surface area contributed by atoms with Gasteiger partial charge in [-0.1, -0.05) is 61.5 Å². The highest BCUT2D eigenvalue weighted by atomic mass is 32.2. The fourth-order valence-electron chi connectivity index (χ4n) is 4.19. The van der Waals surface area contributed by atoms with Gasteiger partial charge >= 0.3 is 15.6 Å². The Morgan fingerprint density at radius 1 is 0.865 bits per heavy atom. The molecule has 1 unspecified atom stereocenters. The number of halogens is 3. The SMILES string of the molecule is CC/C(=C(\c1ccc(OC2CCCCO2)cc1)c1ccc(OS(=O)(=O)C(F)(F)F)cc1)c1ccccc1. The zero-order valence-corrected chi connectivity index (χ0v) is 21.0. The van der Waals surface area contributed by atoms with Crippen LogP contribution in [0, 0.1) is 0 Å². The summed E-state index contributed by atoms with van der Waals surface area (Å²) in [4.78, 5) is 0. The molecule has 1 aliphatic heterocycles. The van der Waals surface area contributed by atoms with Crippen LogP contribution >= 0.6 is 0 Å². The Hall–Kier alpha value is -3.30. The van der Waals surface area contributed by atoms with Gasteiger partial charge in [0.05, 0.1) is 6.61 Å². The molecule has 1 aliphatic rings. The zero-order valence-electron chi connectivity index (χ0n) is 20.2. The van der Waals surface area contributed by atoms with Crippen molar-refractivity contribution in [1.29, 1.82) is 0 Å². The maximum Gasteiger partial charge on any atom is 0.534 e. The summed E-state index contributed by atoms with van der Waals surface area (Å²) in [5.74, 6) is 0.253. The summed E-state index contributed by atoms with van der Waals surface area (Å²) in [5, 5.41) is 0. The summed E-state index contributed by atoms with van der Waals surface area (Å²) in [5.41, 5.74) is -1.07. The summed E-state index contributed by atoms with van der Waals surface area (Å²) in [6, 6.07) is 22.9. The lowest BCUT2D eigenvalue weighted by Crippen LogP contribution is -2.28. The van der Waals surface area contributed by atoms with Gasteiger partial charge in [0.25, 0.3) is 0 Å². The predicted octanol–water partition coefficient (Wildman–Crippen LogP) is 7.19. The van der Waals surface area contributed by atoms with Crippen molar-refractivity contribution in [3.05, 3.63) is 95.6 Å². The van der Waals surface area contributed by atoms with Crippen LogP contribution < -0.4 is 8.92 Å². The zero-order chi connectivity index (χ0) is 26.5. The molecular formula is C28H27F3O5S. The van der Waals surface area contributed by atoms with Gasteiger partial charge in [0.2, 0.25) is 0 Å². The summed E-state index contributed by atoms with van der Waals surface area (Å²) in [6.45, 7) is 2.70. The van der Waals surface area contributed by atoms with E-state index in [-0.39, 0.29) is 6.29 Å². The third kappa shape index (κ3) is 6.53. The van der Waals surface area contributed by atoms with Crippen LogP contribution in [0.4, 0.5) is 13.2 Å². The number of benzene rings is 3. The van der Waals surface area contributed by atoms with Crippen LogP contribution in [0.25, 0.3) is 11.1 Å². The van der Waals surface area contributed by atoms with Crippen LogP contribution in [-0.2, 0) is 14.9 Å². The average molecular weight is 533 g/mol. The smallest absolute Gasteiger partial charge is 0.465 e. The highest BCUT2D eigenvalue weighted by Crippen LogP contribution is 2.36. The lowest BCUT2D eigenvalue weighted by atomic mass is 9.88. The quantitative estimate of drug-likeness (QED) is 0.175. The fourth-order valence-corrected chi connectivity index (χ4v) is 4.65. The van der Waals surface area contributed by atoms with E-state index in [1.165, 1.54) is 12.1 Å². The Morgan fingerprint density at radius 2 is 1.46 bits per heavy atom. The first-order valence-electron chi connectivity index (χ1n) is 12.0. The van der Waals surface area contributed by atoms with E-state index in [1.54, 1.807) is 12.1 Å². The van der Waals surface area contributed by atoms with Gasteiger partial charge in [-0.15, -0.1) is 0 Å². The Bertz CT molecular complexity index is 1310. The molecule has 5 nitrogen and oxygen atoms in total. The fraction of sp³-hybridized carbons (Fsp3) is 0.286. The number of hydrogen-bond donors (Lipinski definition) is 0. The van der Waals surface area contributed by atoms with Crippen LogP contribution in [-0.4, -0.2) is 26.8 Å². The molecule has 4 rings (SSSR count). The van der Waals surface area contributed by atoms with Crippen molar-refractivity contribution in [3.8, 4) is 11.5 Å². The van der Waals surface area contributed by atoms with E-state index < -0.39 is 21.4 Å². The monoisotopic (exact) mass is 532 g/mol. The molecule has 9 heteroatoms. The number of hydrogen-bond acceptors (Lipinski definition) is 5. The number of allylic oxidation sites excluding steroid dienone is 1. The summed E-state index contributed by atoms with van der Waals surface area (Å²) < 4.78 is 76.9. The molecule has 196 valence electrons. The van der Waals surface area contributed by atoms with Gasteiger partial charge < -0.3 is 13.7 Å². The molecule has 0 bridgehead atoms. The van der Waals surface area contributed by atoms with Crippen LogP contribution in [0.3, 0.4) is 0 Å². The highest BCUT2D eigenvalue weighted by Gasteiger charge is 2.48. The first-order valence-corrected chi connectivity index (χ1v) is 13.4. The normalized spacial score (nSPS) is 17.1. The highest BCUT2D eigenvalue weighted by molar-refractivity contribution is 7.88. The molecule has 3 aromatic carbocycles. The van der Waals surface area contributed by atoms with E-state index in [0.717, 1.165) is 41.5 Å². The third-order valence-electron chi connectivity index (χ3n) is 5.96. The number of alkyl halides is 3. The van der Waals surface area contributed by atoms with Gasteiger partial charge in [0.1, 0.15) is 11.5 Å². The van der Waals surface area contributed by atoms with Crippen LogP contribution in [0.1, 0.15) is 49.3 Å². The Labute approximate surface area is 214 Å². The second-order valence-electron chi connectivity index (χ2n) is 8.52. The molecule has 1 fully saturated rings. The minimum Gasteiger partial charge on any atom is -0.465 e. The van der Waals surface area contributed by atoms with Gasteiger partial charge in [-0.3, -0.25) is 0 Å². The van der Waals surface area contributed by atoms with Gasteiger partial charge in [0.15, 0.2) is 6.29 Å². The lowest BCUT2D eigenvalue weighted by molar-refractivity contribution is -0.105. The van der Waals surface area contributed by atoms with Crippen molar-refractivity contribution < 1.29 is 35.2 Å². The molecule has 0 amide bonds. The molecule has 3 aromatic rings. The Kier molecular flexibility index (Phi) is 8.24. The summed E-state index contributed by atoms with van der Waals surface area (Å²) >= 11 is 0. The maximum atomic E-state index is 12.7. The minimum atomic E-state index is -5.75. The first kappa shape index (κ1) is 26.8. The molecule has 1 heterocycles. The van der Waals surface area contributed by atoms with E-state index in [0.29, 0.717) is 24.3 Å². The summed E-state index contributed by atoms with van der Waals surface area (Å²) in [6.07, 6.45) is 3.31. The van der Waals surface area contributed by atoms with Crippen LogP contribution in [0.2, 0.25) is 0 Å². The van der Waals surface area contributed by atoms with E-state index >= 15 is 0 Å². The molecular weight excluding hydrogens is 505 g/mol. The van der Waals surface area contributed by atoms with Crippen LogP contribution in [0.15, 0.2) is 78.9 Å². The second-order valence-corrected chi connectivity index (χ2v) is 10.1. The topological polar surface area (TPSA) is 61.8 Å². The van der Waals surface area contributed by atoms with Gasteiger partial charge in [-0.25, -0.2) is 0 Å². The molecule has 0 spiro atoms. The lowest BCUT2D eigenvalue weighted by Gasteiger charge is -2.23. The van der Waals surface area contributed by atoms with E-state index in [1.807, 2.05) is 61.5 Å². The molecule has 0 radical (unpaired) electrons. The standard InChI is InChI=1S/C28H27F3O5S/c1-2-25(20-8-4-3-5-9-20)27(21-11-15-23(16-12-21)35-26-10-6-7-19-34-26)22-13-17-24(18-14-22)36-37(32,33)28(29,30)31/h3-5,8-9,11-18,26H,2,6-7,10,19H2,1H3/b27-25-. The van der Waals surface area contributed by atoms with Crippen molar-refractivity contribution in [3.63, 3.8) is 0 Å². The molecule has 0 N–H and O–H groups in total. The molecule has 37 heavy (non-hydrogen) atoms. The molecule has 0 aliphatic carbocycles. The van der Waals surface area contributed by atoms with E-state index in [2.05, 4.69) is 4.18 Å². The number of rotatable bonds is 8. The van der Waals surface area contributed by atoms with Gasteiger partial charge in [-0.2, -0.15) is 21.6 Å². The Morgan fingerprint density at radius 3 is 1.97 bits per heavy atom. The minimum absolute atomic E-state index is 0.273. The van der Waals surface area contributed by atoms with E-state index in [9.17, 15) is 21.6 Å². The van der Waals surface area contributed by atoms with Crippen molar-refractivity contribution in [2.75, 3.05) is 6.61 Å². The van der Waals surface area contributed by atoms with Crippen molar-refractivity contribution in [2.45, 2.75) is 44.4 Å². The van der Waals surface area contributed by atoms with E-state index in [4.69, 9.17) is 9.47 Å². The third-order valence-corrected chi connectivity index (χ3v) is 6.94. The van der Waals surface area contributed by atoms with Crippen LogP contribution in [0.5, 0.6) is 11.5 Å². The molecule has 1 saturated heterocycles. The summed E-state index contributed by atoms with van der Waals surface area (Å²) in [7, 11) is -5.75. The maximum absolute atomic E-state index is 12.7. The molecule has 0 saturated carbocycles. The van der Waals surface area contributed by atoms with Crippen molar-refractivity contribution >= 4 is 21.3 Å².